The summed E-state index contributed by atoms with van der Waals surface area (Å²) in [5, 5.41) is 3.41. The molecule has 1 aromatic heterocycles. The molecule has 0 saturated heterocycles. The Hall–Kier alpha value is -1.94. The summed E-state index contributed by atoms with van der Waals surface area (Å²) in [7, 11) is 0. The Kier molecular flexibility index (Phi) is 3.92. The SMILES string of the molecule is Fc1cccc(COc2ccc(CNC3CC3)nc2)c1. The lowest BCUT2D eigenvalue weighted by atomic mass is 10.2. The number of halogens is 1. The van der Waals surface area contributed by atoms with Gasteiger partial charge >= 0.3 is 0 Å². The van der Waals surface area contributed by atoms with Crippen LogP contribution >= 0.6 is 0 Å². The molecule has 0 aliphatic heterocycles. The van der Waals surface area contributed by atoms with Crippen LogP contribution in [0.2, 0.25) is 0 Å². The highest BCUT2D eigenvalue weighted by Crippen LogP contribution is 2.19. The van der Waals surface area contributed by atoms with Gasteiger partial charge in [0.1, 0.15) is 18.2 Å². The zero-order chi connectivity index (χ0) is 13.8. The minimum Gasteiger partial charge on any atom is -0.487 e. The lowest BCUT2D eigenvalue weighted by molar-refractivity contribution is 0.304. The second-order valence-corrected chi connectivity index (χ2v) is 5.06. The predicted molar refractivity (Wildman–Crippen MR) is 74.8 cm³/mol. The van der Waals surface area contributed by atoms with Crippen molar-refractivity contribution in [2.45, 2.75) is 32.0 Å². The standard InChI is InChI=1S/C16H17FN2O/c17-13-3-1-2-12(8-13)11-20-16-7-6-15(19-10-16)9-18-14-4-5-14/h1-3,6-8,10,14,18H,4-5,9,11H2. The predicted octanol–water partition coefficient (Wildman–Crippen LogP) is 3.05. The maximum absolute atomic E-state index is 13.0. The summed E-state index contributed by atoms with van der Waals surface area (Å²) in [4.78, 5) is 4.35. The molecule has 0 atom stereocenters. The summed E-state index contributed by atoms with van der Waals surface area (Å²) in [5.74, 6) is 0.454. The number of rotatable bonds is 6. The summed E-state index contributed by atoms with van der Waals surface area (Å²) in [6.45, 7) is 1.15. The van der Waals surface area contributed by atoms with E-state index in [4.69, 9.17) is 4.74 Å². The number of benzene rings is 1. The normalized spacial score (nSPS) is 14.2. The van der Waals surface area contributed by atoms with Crippen molar-refractivity contribution in [2.24, 2.45) is 0 Å². The van der Waals surface area contributed by atoms with Crippen molar-refractivity contribution in [2.75, 3.05) is 0 Å². The number of hydrogen-bond acceptors (Lipinski definition) is 3. The molecule has 3 nitrogen and oxygen atoms in total. The molecule has 0 radical (unpaired) electrons. The van der Waals surface area contributed by atoms with Crippen LogP contribution in [0, 0.1) is 5.82 Å². The molecule has 1 N–H and O–H groups in total. The zero-order valence-corrected chi connectivity index (χ0v) is 11.2. The fourth-order valence-electron chi connectivity index (χ4n) is 1.93. The molecule has 0 unspecified atom stereocenters. The molecule has 0 spiro atoms. The summed E-state index contributed by atoms with van der Waals surface area (Å²) < 4.78 is 18.6. The maximum atomic E-state index is 13.0. The van der Waals surface area contributed by atoms with Gasteiger partial charge < -0.3 is 10.1 Å². The minimum absolute atomic E-state index is 0.245. The van der Waals surface area contributed by atoms with Crippen molar-refractivity contribution in [3.63, 3.8) is 0 Å². The fourth-order valence-corrected chi connectivity index (χ4v) is 1.93. The summed E-state index contributed by atoms with van der Waals surface area (Å²) >= 11 is 0. The first-order chi connectivity index (χ1) is 9.79. The molecular weight excluding hydrogens is 255 g/mol. The molecule has 104 valence electrons. The Morgan fingerprint density at radius 3 is 2.85 bits per heavy atom. The van der Waals surface area contributed by atoms with Crippen molar-refractivity contribution in [3.8, 4) is 5.75 Å². The third-order valence-corrected chi connectivity index (χ3v) is 3.24. The minimum atomic E-state index is -0.245. The first-order valence-corrected chi connectivity index (χ1v) is 6.85. The van der Waals surface area contributed by atoms with E-state index in [0.717, 1.165) is 17.8 Å². The Balaban J connectivity index is 1.52. The molecule has 1 saturated carbocycles. The van der Waals surface area contributed by atoms with Crippen LogP contribution in [0.5, 0.6) is 5.75 Å². The van der Waals surface area contributed by atoms with E-state index >= 15 is 0 Å². The van der Waals surface area contributed by atoms with Crippen LogP contribution in [0.3, 0.4) is 0 Å². The number of nitrogens with zero attached hydrogens (tertiary/aromatic N) is 1. The maximum Gasteiger partial charge on any atom is 0.138 e. The van der Waals surface area contributed by atoms with Crippen molar-refractivity contribution in [1.29, 1.82) is 0 Å². The summed E-state index contributed by atoms with van der Waals surface area (Å²) in [6.07, 6.45) is 4.26. The third kappa shape index (κ3) is 3.78. The molecule has 1 aliphatic rings. The Morgan fingerprint density at radius 1 is 1.25 bits per heavy atom. The van der Waals surface area contributed by atoms with Crippen molar-refractivity contribution in [1.82, 2.24) is 10.3 Å². The monoisotopic (exact) mass is 272 g/mol. The fraction of sp³-hybridized carbons (Fsp3) is 0.312. The molecule has 1 aliphatic carbocycles. The van der Waals surface area contributed by atoms with Crippen molar-refractivity contribution < 1.29 is 9.13 Å². The van der Waals surface area contributed by atoms with Crippen LogP contribution in [0.1, 0.15) is 24.1 Å². The van der Waals surface area contributed by atoms with E-state index in [-0.39, 0.29) is 5.82 Å². The second kappa shape index (κ2) is 6.01. The van der Waals surface area contributed by atoms with Crippen LogP contribution in [-0.2, 0) is 13.2 Å². The molecule has 1 fully saturated rings. The first-order valence-electron chi connectivity index (χ1n) is 6.85. The van der Waals surface area contributed by atoms with E-state index in [9.17, 15) is 4.39 Å². The summed E-state index contributed by atoms with van der Waals surface area (Å²) in [6, 6.07) is 10.9. The number of pyridine rings is 1. The number of nitrogens with one attached hydrogen (secondary N) is 1. The van der Waals surface area contributed by atoms with E-state index in [1.54, 1.807) is 12.3 Å². The van der Waals surface area contributed by atoms with Crippen LogP contribution in [0.4, 0.5) is 4.39 Å². The van der Waals surface area contributed by atoms with Gasteiger partial charge in [0.25, 0.3) is 0 Å². The first kappa shape index (κ1) is 13.1. The van der Waals surface area contributed by atoms with Gasteiger partial charge in [0.05, 0.1) is 11.9 Å². The quantitative estimate of drug-likeness (QED) is 0.877. The molecular formula is C16H17FN2O. The Labute approximate surface area is 117 Å². The highest BCUT2D eigenvalue weighted by Gasteiger charge is 2.19. The van der Waals surface area contributed by atoms with Crippen molar-refractivity contribution in [3.05, 3.63) is 59.7 Å². The van der Waals surface area contributed by atoms with Gasteiger partial charge in [0.2, 0.25) is 0 Å². The van der Waals surface area contributed by atoms with Gasteiger partial charge in [0.15, 0.2) is 0 Å². The largest absolute Gasteiger partial charge is 0.487 e. The molecule has 1 heterocycles. The highest BCUT2D eigenvalue weighted by molar-refractivity contribution is 5.21. The van der Waals surface area contributed by atoms with E-state index in [0.29, 0.717) is 18.4 Å². The lowest BCUT2D eigenvalue weighted by Crippen LogP contribution is -2.16. The van der Waals surface area contributed by atoms with Gasteiger partial charge in [-0.25, -0.2) is 4.39 Å². The lowest BCUT2D eigenvalue weighted by Gasteiger charge is -2.07. The van der Waals surface area contributed by atoms with Gasteiger partial charge in [0, 0.05) is 12.6 Å². The zero-order valence-electron chi connectivity index (χ0n) is 11.2. The highest BCUT2D eigenvalue weighted by atomic mass is 19.1. The topological polar surface area (TPSA) is 34.1 Å². The van der Waals surface area contributed by atoms with E-state index < -0.39 is 0 Å². The van der Waals surface area contributed by atoms with Crippen LogP contribution < -0.4 is 10.1 Å². The Bertz CT molecular complexity index is 567. The van der Waals surface area contributed by atoms with Crippen LogP contribution in [-0.4, -0.2) is 11.0 Å². The summed E-state index contributed by atoms with van der Waals surface area (Å²) in [5.41, 5.74) is 1.82. The van der Waals surface area contributed by atoms with E-state index in [1.165, 1.54) is 25.0 Å². The number of aromatic nitrogens is 1. The van der Waals surface area contributed by atoms with Gasteiger partial charge in [-0.15, -0.1) is 0 Å². The average molecular weight is 272 g/mol. The van der Waals surface area contributed by atoms with E-state index in [1.807, 2.05) is 18.2 Å². The smallest absolute Gasteiger partial charge is 0.138 e. The van der Waals surface area contributed by atoms with Gasteiger partial charge in [-0.3, -0.25) is 4.98 Å². The van der Waals surface area contributed by atoms with E-state index in [2.05, 4.69) is 10.3 Å². The third-order valence-electron chi connectivity index (χ3n) is 3.24. The van der Waals surface area contributed by atoms with Crippen LogP contribution in [0.25, 0.3) is 0 Å². The van der Waals surface area contributed by atoms with Crippen LogP contribution in [0.15, 0.2) is 42.6 Å². The van der Waals surface area contributed by atoms with Gasteiger partial charge in [-0.05, 0) is 42.7 Å². The van der Waals surface area contributed by atoms with Crippen molar-refractivity contribution >= 4 is 0 Å². The number of hydrogen-bond donors (Lipinski definition) is 1. The van der Waals surface area contributed by atoms with Gasteiger partial charge in [-0.1, -0.05) is 12.1 Å². The molecule has 20 heavy (non-hydrogen) atoms. The molecule has 4 heteroatoms. The molecule has 1 aromatic carbocycles. The molecule has 0 bridgehead atoms. The molecule has 3 rings (SSSR count). The Morgan fingerprint density at radius 2 is 2.15 bits per heavy atom. The molecule has 0 amide bonds. The second-order valence-electron chi connectivity index (χ2n) is 5.06. The average Bonchev–Trinajstić information content (AvgIpc) is 3.28. The molecule has 2 aromatic rings. The van der Waals surface area contributed by atoms with Gasteiger partial charge in [-0.2, -0.15) is 0 Å². The number of ether oxygens (including phenoxy) is 1.